The van der Waals surface area contributed by atoms with E-state index in [1.807, 2.05) is 0 Å². The van der Waals surface area contributed by atoms with Crippen LogP contribution < -0.4 is 5.73 Å². The van der Waals surface area contributed by atoms with E-state index in [2.05, 4.69) is 0 Å². The molecule has 1 saturated carbocycles. The van der Waals surface area contributed by atoms with Crippen LogP contribution in [-0.2, 0) is 24.7 Å². The number of likely N-dealkylation sites (N-methyl/N-ethyl adjacent to an activating group) is 1. The molecule has 4 rings (SSSR count). The molecule has 0 bridgehead atoms. The fourth-order valence-electron chi connectivity index (χ4n) is 6.46. The Morgan fingerprint density at radius 1 is 1.08 bits per heavy atom. The Hall–Kier alpha value is -3.32. The van der Waals surface area contributed by atoms with Crippen LogP contribution in [0.2, 0.25) is 0 Å². The largest absolute Gasteiger partial charge is 0.507 e. The number of ketones is 2. The summed E-state index contributed by atoms with van der Waals surface area (Å²) in [7, 11) is 2.84. The molecule has 3 aliphatic carbocycles. The quantitative estimate of drug-likeness (QED) is 0.206. The van der Waals surface area contributed by atoms with Crippen molar-refractivity contribution in [2.24, 2.45) is 23.5 Å². The van der Waals surface area contributed by atoms with Crippen molar-refractivity contribution >= 4 is 23.4 Å². The van der Waals surface area contributed by atoms with Gasteiger partial charge in [-0.2, -0.15) is 0 Å². The maximum absolute atomic E-state index is 13.7. The zero-order valence-corrected chi connectivity index (χ0v) is 20.0. The highest BCUT2D eigenvalue weighted by atomic mass is 16.6. The number of nitrogens with two attached hydrogens (primary N) is 1. The number of Topliss-reactive ketones (excluding diaryl/α,β-unsaturated/α-hetero) is 2. The Bertz CT molecular complexity index is 1220. The van der Waals surface area contributed by atoms with Crippen LogP contribution in [0.15, 0.2) is 29.5 Å². The van der Waals surface area contributed by atoms with Crippen LogP contribution in [0, 0.1) is 17.8 Å². The predicted molar refractivity (Wildman–Crippen MR) is 120 cm³/mol. The van der Waals surface area contributed by atoms with Crippen molar-refractivity contribution in [2.75, 3.05) is 14.1 Å². The number of primary amides is 1. The number of aliphatic hydroxyl groups is 4. The number of phenols is 1. The first-order valence-electron chi connectivity index (χ1n) is 11.2. The molecule has 0 saturated heterocycles. The highest BCUT2D eigenvalue weighted by Crippen LogP contribution is 2.59. The first-order chi connectivity index (χ1) is 16.6. The maximum atomic E-state index is 13.7. The number of carbonyl (C=O) groups is 4. The van der Waals surface area contributed by atoms with Gasteiger partial charge >= 0.3 is 5.97 Å². The van der Waals surface area contributed by atoms with E-state index in [9.17, 15) is 44.7 Å². The summed E-state index contributed by atoms with van der Waals surface area (Å²) in [6.07, 6.45) is -4.02. The number of hydrogen-bond acceptors (Lipinski definition) is 11. The molecular formula is C24H28N2O10. The number of hydrogen-bond donors (Lipinski definition) is 6. The lowest BCUT2D eigenvalue weighted by molar-refractivity contribution is -0.255. The van der Waals surface area contributed by atoms with Gasteiger partial charge in [-0.05, 0) is 32.6 Å². The molecule has 36 heavy (non-hydrogen) atoms. The molecule has 194 valence electrons. The number of aromatic hydroxyl groups is 1. The van der Waals surface area contributed by atoms with Gasteiger partial charge in [0.1, 0.15) is 17.4 Å². The van der Waals surface area contributed by atoms with Crippen molar-refractivity contribution in [2.45, 2.75) is 43.3 Å². The number of rotatable bonds is 3. The number of aliphatic hydroxyl groups excluding tert-OH is 3. The second-order valence-corrected chi connectivity index (χ2v) is 9.97. The number of benzene rings is 1. The summed E-state index contributed by atoms with van der Waals surface area (Å²) in [5.74, 6) is -10.9. The van der Waals surface area contributed by atoms with Crippen molar-refractivity contribution in [1.82, 2.24) is 4.90 Å². The Balaban J connectivity index is 2.11. The number of phenolic OH excluding ortho intramolecular Hbond substituents is 1. The summed E-state index contributed by atoms with van der Waals surface area (Å²) in [4.78, 5) is 52.8. The summed E-state index contributed by atoms with van der Waals surface area (Å²) in [5.41, 5.74) is -0.603. The van der Waals surface area contributed by atoms with E-state index in [0.717, 1.165) is 6.92 Å². The van der Waals surface area contributed by atoms with Crippen LogP contribution in [-0.4, -0.2) is 91.8 Å². The first kappa shape index (κ1) is 25.8. The van der Waals surface area contributed by atoms with Crippen molar-refractivity contribution < 1.29 is 49.4 Å². The van der Waals surface area contributed by atoms with Gasteiger partial charge in [-0.15, -0.1) is 0 Å². The van der Waals surface area contributed by atoms with Gasteiger partial charge in [0, 0.05) is 12.8 Å². The van der Waals surface area contributed by atoms with E-state index < -0.39 is 87.7 Å². The molecule has 0 spiro atoms. The van der Waals surface area contributed by atoms with Gasteiger partial charge in [0.25, 0.3) is 5.91 Å². The number of carbonyl (C=O) groups excluding carboxylic acids is 4. The second kappa shape index (κ2) is 8.10. The standard InChI is InChI=1S/C24H28N2O10/c1-8(27)36-24-15(16(26(3)4)18(30)13(21(24)33)22(25)34)19(31)14-12(20(24)32)17(29)11-9(23(14,2)35)6-5-7-10(11)28/h5-7,12,14-16,19-20,28,31-33,35H,1-4H3,(H2,25,34)/t12?,14?,15?,16-,19-,20?,23+,24-/m0/s1. The summed E-state index contributed by atoms with van der Waals surface area (Å²) in [6.45, 7) is 2.22. The van der Waals surface area contributed by atoms with E-state index in [-0.39, 0.29) is 11.1 Å². The minimum atomic E-state index is -2.66. The van der Waals surface area contributed by atoms with E-state index in [4.69, 9.17) is 10.5 Å². The van der Waals surface area contributed by atoms with Gasteiger partial charge in [-0.3, -0.25) is 24.1 Å². The number of esters is 1. The Morgan fingerprint density at radius 2 is 1.69 bits per heavy atom. The summed E-state index contributed by atoms with van der Waals surface area (Å²) >= 11 is 0. The predicted octanol–water partition coefficient (Wildman–Crippen LogP) is -1.51. The lowest BCUT2D eigenvalue weighted by Gasteiger charge is -2.60. The third-order valence-electron chi connectivity index (χ3n) is 7.76. The van der Waals surface area contributed by atoms with Crippen molar-refractivity contribution in [3.63, 3.8) is 0 Å². The van der Waals surface area contributed by atoms with Gasteiger partial charge in [0.2, 0.25) is 5.60 Å². The SMILES string of the molecule is CC(=O)O[C@@]12C(O)=C(C(N)=O)C(=O)[C@@H](N(C)C)C1[C@@H](O)C1C(C(=O)c3c(O)cccc3[C@@]1(C)O)C2O. The minimum Gasteiger partial charge on any atom is -0.507 e. The van der Waals surface area contributed by atoms with Gasteiger partial charge in [-0.1, -0.05) is 12.1 Å². The molecule has 0 heterocycles. The molecule has 1 fully saturated rings. The van der Waals surface area contributed by atoms with Crippen LogP contribution in [0.25, 0.3) is 0 Å². The fraction of sp³-hybridized carbons (Fsp3) is 0.500. The molecular weight excluding hydrogens is 476 g/mol. The molecule has 0 aromatic heterocycles. The third-order valence-corrected chi connectivity index (χ3v) is 7.76. The normalized spacial score (nSPS) is 37.8. The molecule has 12 heteroatoms. The molecule has 0 aliphatic heterocycles. The maximum Gasteiger partial charge on any atom is 0.303 e. The minimum absolute atomic E-state index is 0.0129. The second-order valence-electron chi connectivity index (χ2n) is 9.97. The highest BCUT2D eigenvalue weighted by molar-refractivity contribution is 6.22. The molecule has 7 N–H and O–H groups in total. The Kier molecular flexibility index (Phi) is 5.80. The van der Waals surface area contributed by atoms with E-state index in [1.165, 1.54) is 44.1 Å². The molecule has 3 aliphatic rings. The van der Waals surface area contributed by atoms with Crippen molar-refractivity contribution in [3.05, 3.63) is 40.7 Å². The van der Waals surface area contributed by atoms with Gasteiger partial charge in [-0.25, -0.2) is 0 Å². The molecule has 0 radical (unpaired) electrons. The van der Waals surface area contributed by atoms with Crippen molar-refractivity contribution in [1.29, 1.82) is 0 Å². The number of fused-ring (bicyclic) bond motifs is 3. The molecule has 1 aromatic carbocycles. The first-order valence-corrected chi connectivity index (χ1v) is 11.2. The summed E-state index contributed by atoms with van der Waals surface area (Å²) in [6, 6.07) is 2.51. The average Bonchev–Trinajstić information content (AvgIpc) is 2.75. The van der Waals surface area contributed by atoms with Gasteiger partial charge < -0.3 is 36.0 Å². The van der Waals surface area contributed by atoms with E-state index >= 15 is 0 Å². The smallest absolute Gasteiger partial charge is 0.303 e. The monoisotopic (exact) mass is 504 g/mol. The number of amides is 1. The van der Waals surface area contributed by atoms with Gasteiger partial charge in [0.15, 0.2) is 17.3 Å². The number of nitrogens with zero attached hydrogens (tertiary/aromatic N) is 1. The van der Waals surface area contributed by atoms with Gasteiger partial charge in [0.05, 0.1) is 35.1 Å². The summed E-state index contributed by atoms with van der Waals surface area (Å²) in [5, 5.41) is 56.7. The Labute approximate surface area is 205 Å². The topological polar surface area (TPSA) is 208 Å². The van der Waals surface area contributed by atoms with Crippen LogP contribution in [0.3, 0.4) is 0 Å². The highest BCUT2D eigenvalue weighted by Gasteiger charge is 2.74. The molecule has 1 amide bonds. The lowest BCUT2D eigenvalue weighted by Crippen LogP contribution is -2.76. The fourth-order valence-corrected chi connectivity index (χ4v) is 6.46. The third kappa shape index (κ3) is 3.08. The zero-order chi connectivity index (χ0) is 27.1. The number of ether oxygens (including phenoxy) is 1. The molecule has 4 unspecified atom stereocenters. The van der Waals surface area contributed by atoms with E-state index in [1.54, 1.807) is 0 Å². The average molecular weight is 504 g/mol. The molecule has 8 atom stereocenters. The van der Waals surface area contributed by atoms with Crippen molar-refractivity contribution in [3.8, 4) is 5.75 Å². The van der Waals surface area contributed by atoms with Crippen LogP contribution in [0.5, 0.6) is 5.75 Å². The zero-order valence-electron chi connectivity index (χ0n) is 20.0. The van der Waals surface area contributed by atoms with Crippen LogP contribution in [0.4, 0.5) is 0 Å². The van der Waals surface area contributed by atoms with Crippen LogP contribution in [0.1, 0.15) is 29.8 Å². The molecule has 1 aromatic rings. The molecule has 12 nitrogen and oxygen atoms in total. The van der Waals surface area contributed by atoms with E-state index in [0.29, 0.717) is 0 Å². The lowest BCUT2D eigenvalue weighted by atomic mass is 9.49. The van der Waals surface area contributed by atoms with Crippen LogP contribution >= 0.6 is 0 Å². The summed E-state index contributed by atoms with van der Waals surface area (Å²) < 4.78 is 5.43. The Morgan fingerprint density at radius 3 is 2.22 bits per heavy atom.